The van der Waals surface area contributed by atoms with Crippen LogP contribution in [0.25, 0.3) is 109 Å². The van der Waals surface area contributed by atoms with Crippen molar-refractivity contribution in [3.63, 3.8) is 0 Å². The molecule has 0 unspecified atom stereocenters. The van der Waals surface area contributed by atoms with Gasteiger partial charge in [-0.3, -0.25) is 4.98 Å². The fraction of sp³-hybridized carbons (Fsp3) is 0. The number of hydrogen-bond acceptors (Lipinski definition) is 3. The first kappa shape index (κ1) is 32.4. The van der Waals surface area contributed by atoms with Crippen molar-refractivity contribution >= 4 is 53.4 Å². The lowest BCUT2D eigenvalue weighted by Crippen LogP contribution is -1.85. The zero-order chi connectivity index (χ0) is 37.0. The number of para-hydroxylation sites is 1. The summed E-state index contributed by atoms with van der Waals surface area (Å²) in [4.78, 5) is 4.23. The minimum Gasteiger partial charge on any atom is -0.456 e. The molecule has 8 aromatic carbocycles. The maximum absolute atomic E-state index is 6.09. The molecule has 0 amide bonds. The number of thiophene rings is 1. The zero-order valence-corrected chi connectivity index (χ0v) is 31.1. The molecule has 2 nitrogen and oxygen atoms in total. The van der Waals surface area contributed by atoms with Gasteiger partial charge in [-0.25, -0.2) is 0 Å². The molecule has 0 saturated heterocycles. The summed E-state index contributed by atoms with van der Waals surface area (Å²) in [7, 11) is 0. The number of benzene rings is 8. The third-order valence-electron chi connectivity index (χ3n) is 11.0. The highest BCUT2D eigenvalue weighted by molar-refractivity contribution is 7.26. The number of pyridine rings is 1. The summed E-state index contributed by atoms with van der Waals surface area (Å²) >= 11 is 1.87. The molecule has 3 aromatic heterocycles. The molecule has 0 saturated carbocycles. The second kappa shape index (κ2) is 13.3. The van der Waals surface area contributed by atoms with Crippen LogP contribution in [0.4, 0.5) is 0 Å². The Morgan fingerprint density at radius 3 is 1.41 bits per heavy atom. The van der Waals surface area contributed by atoms with Gasteiger partial charge in [-0.15, -0.1) is 11.3 Å². The van der Waals surface area contributed by atoms with Crippen molar-refractivity contribution in [1.82, 2.24) is 4.98 Å². The highest BCUT2D eigenvalue weighted by Crippen LogP contribution is 2.42. The number of furan rings is 1. The molecule has 0 fully saturated rings. The summed E-state index contributed by atoms with van der Waals surface area (Å²) in [5.74, 6) is 0. The maximum atomic E-state index is 6.09. The summed E-state index contributed by atoms with van der Waals surface area (Å²) < 4.78 is 8.70. The van der Waals surface area contributed by atoms with Gasteiger partial charge in [-0.2, -0.15) is 0 Å². The van der Waals surface area contributed by atoms with E-state index < -0.39 is 0 Å². The van der Waals surface area contributed by atoms with Gasteiger partial charge in [0, 0.05) is 43.3 Å². The van der Waals surface area contributed by atoms with Crippen molar-refractivity contribution < 1.29 is 4.42 Å². The lowest BCUT2D eigenvalue weighted by molar-refractivity contribution is 0.669. The van der Waals surface area contributed by atoms with Gasteiger partial charge in [0.05, 0.1) is 0 Å². The van der Waals surface area contributed by atoms with Crippen LogP contribution in [0.15, 0.2) is 205 Å². The summed E-state index contributed by atoms with van der Waals surface area (Å²) in [6.07, 6.45) is 3.73. The van der Waals surface area contributed by atoms with Gasteiger partial charge < -0.3 is 4.42 Å². The van der Waals surface area contributed by atoms with E-state index in [1.165, 1.54) is 86.9 Å². The van der Waals surface area contributed by atoms with Crippen molar-refractivity contribution in [3.8, 4) is 66.8 Å². The van der Waals surface area contributed by atoms with E-state index in [1.54, 1.807) is 0 Å². The van der Waals surface area contributed by atoms with Gasteiger partial charge >= 0.3 is 0 Å². The van der Waals surface area contributed by atoms with Crippen LogP contribution >= 0.6 is 11.3 Å². The summed E-state index contributed by atoms with van der Waals surface area (Å²) in [6, 6.07) is 68.0. The maximum Gasteiger partial charge on any atom is 0.135 e. The molecule has 0 bridgehead atoms. The van der Waals surface area contributed by atoms with E-state index in [0.29, 0.717) is 0 Å². The Morgan fingerprint density at radius 1 is 0.321 bits per heavy atom. The summed E-state index contributed by atoms with van der Waals surface area (Å²) in [5.41, 5.74) is 16.2. The smallest absolute Gasteiger partial charge is 0.135 e. The molecule has 3 heterocycles. The molecular formula is C53H33NOS. The number of hydrogen-bond donors (Lipinski definition) is 0. The van der Waals surface area contributed by atoms with Crippen LogP contribution in [0, 0.1) is 0 Å². The predicted octanol–water partition coefficient (Wildman–Crippen LogP) is 15.4. The van der Waals surface area contributed by atoms with Gasteiger partial charge in [0.15, 0.2) is 0 Å². The second-order valence-corrected chi connectivity index (χ2v) is 15.4. The molecule has 0 aliphatic heterocycles. The van der Waals surface area contributed by atoms with E-state index in [9.17, 15) is 0 Å². The topological polar surface area (TPSA) is 26.0 Å². The van der Waals surface area contributed by atoms with Crippen molar-refractivity contribution in [2.45, 2.75) is 0 Å². The highest BCUT2D eigenvalue weighted by Gasteiger charge is 2.13. The normalized spacial score (nSPS) is 11.6. The lowest BCUT2D eigenvalue weighted by Gasteiger charge is -2.11. The van der Waals surface area contributed by atoms with Gasteiger partial charge in [-0.05, 0) is 127 Å². The van der Waals surface area contributed by atoms with E-state index >= 15 is 0 Å². The Kier molecular flexibility index (Phi) is 7.72. The van der Waals surface area contributed by atoms with Gasteiger partial charge in [0.25, 0.3) is 0 Å². The standard InChI is InChI=1S/C53H33NOS/c1-2-19-50-46(16-1)49-32-43(21-23-51(49)55-50)41-14-5-12-39(30-41)37-10-3-8-35(28-37)36-9-4-11-38(29-36)40-13-6-15-42(31-40)44-20-22-47-48-18-7-17-45(34-24-26-54-27-25-34)53(48)56-52(47)33-44/h1-33H. The van der Waals surface area contributed by atoms with Crippen LogP contribution in [-0.2, 0) is 0 Å². The SMILES string of the molecule is c1cc(-c2cccc(-c3cccc(-c4ccc5oc6ccccc6c5c4)c3)c2)cc(-c2cccc(-c3ccc4c(c3)sc3c(-c5ccncc5)cccc34)c2)c1. The molecule has 0 atom stereocenters. The Labute approximate surface area is 328 Å². The summed E-state index contributed by atoms with van der Waals surface area (Å²) in [5, 5.41) is 4.89. The lowest BCUT2D eigenvalue weighted by atomic mass is 9.94. The molecule has 0 radical (unpaired) electrons. The predicted molar refractivity (Wildman–Crippen MR) is 237 cm³/mol. The minimum absolute atomic E-state index is 0.914. The number of aromatic nitrogens is 1. The third-order valence-corrected chi connectivity index (χ3v) is 12.2. The van der Waals surface area contributed by atoms with Crippen molar-refractivity contribution in [2.24, 2.45) is 0 Å². The van der Waals surface area contributed by atoms with Gasteiger partial charge in [-0.1, -0.05) is 127 Å². The first-order valence-electron chi connectivity index (χ1n) is 18.9. The van der Waals surface area contributed by atoms with Crippen LogP contribution in [0.5, 0.6) is 0 Å². The highest BCUT2D eigenvalue weighted by atomic mass is 32.1. The molecule has 56 heavy (non-hydrogen) atoms. The van der Waals surface area contributed by atoms with E-state index in [2.05, 4.69) is 181 Å². The van der Waals surface area contributed by atoms with Crippen molar-refractivity contribution in [3.05, 3.63) is 200 Å². The Morgan fingerprint density at radius 2 is 0.804 bits per heavy atom. The molecule has 0 aliphatic carbocycles. The molecule has 3 heteroatoms. The number of fused-ring (bicyclic) bond motifs is 6. The second-order valence-electron chi connectivity index (χ2n) is 14.4. The van der Waals surface area contributed by atoms with Crippen LogP contribution in [-0.4, -0.2) is 4.98 Å². The average Bonchev–Trinajstić information content (AvgIpc) is 3.85. The monoisotopic (exact) mass is 731 g/mol. The zero-order valence-electron chi connectivity index (χ0n) is 30.3. The molecular weight excluding hydrogens is 699 g/mol. The molecule has 0 N–H and O–H groups in total. The minimum atomic E-state index is 0.914. The van der Waals surface area contributed by atoms with Gasteiger partial charge in [0.2, 0.25) is 0 Å². The Hall–Kier alpha value is -7.07. The summed E-state index contributed by atoms with van der Waals surface area (Å²) in [6.45, 7) is 0. The van der Waals surface area contributed by atoms with E-state index in [4.69, 9.17) is 4.42 Å². The fourth-order valence-corrected chi connectivity index (χ4v) is 9.43. The molecule has 262 valence electrons. The largest absolute Gasteiger partial charge is 0.456 e. The first-order chi connectivity index (χ1) is 27.7. The van der Waals surface area contributed by atoms with E-state index in [1.807, 2.05) is 35.9 Å². The Bertz CT molecular complexity index is 3260. The number of nitrogens with zero attached hydrogens (tertiary/aromatic N) is 1. The number of rotatable bonds is 6. The quantitative estimate of drug-likeness (QED) is 0.170. The van der Waals surface area contributed by atoms with Crippen LogP contribution in [0.2, 0.25) is 0 Å². The van der Waals surface area contributed by atoms with Crippen molar-refractivity contribution in [2.75, 3.05) is 0 Å². The van der Waals surface area contributed by atoms with Gasteiger partial charge in [0.1, 0.15) is 11.2 Å². The third kappa shape index (κ3) is 5.69. The van der Waals surface area contributed by atoms with Crippen LogP contribution in [0.3, 0.4) is 0 Å². The Balaban J connectivity index is 0.898. The molecule has 11 aromatic rings. The first-order valence-corrected chi connectivity index (χ1v) is 19.7. The van der Waals surface area contributed by atoms with Crippen LogP contribution < -0.4 is 0 Å². The molecule has 0 aliphatic rings. The van der Waals surface area contributed by atoms with E-state index in [0.717, 1.165) is 21.9 Å². The van der Waals surface area contributed by atoms with E-state index in [-0.39, 0.29) is 0 Å². The average molecular weight is 732 g/mol. The molecule has 11 rings (SSSR count). The van der Waals surface area contributed by atoms with Crippen LogP contribution in [0.1, 0.15) is 0 Å². The fourth-order valence-electron chi connectivity index (χ4n) is 8.16. The molecule has 0 spiro atoms. The van der Waals surface area contributed by atoms with Crippen molar-refractivity contribution in [1.29, 1.82) is 0 Å².